The van der Waals surface area contributed by atoms with Gasteiger partial charge in [-0.15, -0.1) is 0 Å². The summed E-state index contributed by atoms with van der Waals surface area (Å²) in [6.07, 6.45) is 3.30. The second kappa shape index (κ2) is 8.64. The summed E-state index contributed by atoms with van der Waals surface area (Å²) < 4.78 is 1.69. The van der Waals surface area contributed by atoms with E-state index in [1.807, 2.05) is 68.1 Å². The van der Waals surface area contributed by atoms with E-state index in [1.54, 1.807) is 4.57 Å². The van der Waals surface area contributed by atoms with Crippen LogP contribution in [0.4, 0.5) is 0 Å². The molecule has 0 spiro atoms. The third kappa shape index (κ3) is 3.88. The van der Waals surface area contributed by atoms with E-state index in [9.17, 15) is 9.59 Å². The molecule has 1 aliphatic heterocycles. The molecular weight excluding hydrogens is 394 g/mol. The number of nitrogens with zero attached hydrogens (tertiary/aromatic N) is 3. The molecule has 1 fully saturated rings. The van der Waals surface area contributed by atoms with Crippen LogP contribution in [0.1, 0.15) is 37.3 Å². The lowest BCUT2D eigenvalue weighted by Gasteiger charge is -2.29. The minimum atomic E-state index is -0.313. The summed E-state index contributed by atoms with van der Waals surface area (Å²) in [4.78, 5) is 33.3. The number of aromatic nitrogens is 2. The van der Waals surface area contributed by atoms with Crippen molar-refractivity contribution in [3.8, 4) is 5.69 Å². The van der Waals surface area contributed by atoms with Crippen LogP contribution >= 0.6 is 11.8 Å². The van der Waals surface area contributed by atoms with E-state index in [4.69, 9.17) is 4.98 Å². The van der Waals surface area contributed by atoms with Crippen molar-refractivity contribution >= 4 is 28.6 Å². The Balaban J connectivity index is 1.82. The van der Waals surface area contributed by atoms with Crippen molar-refractivity contribution < 1.29 is 4.79 Å². The Morgan fingerprint density at radius 1 is 1.00 bits per heavy atom. The van der Waals surface area contributed by atoms with E-state index in [1.165, 1.54) is 18.2 Å². The molecule has 1 aromatic heterocycles. The van der Waals surface area contributed by atoms with Gasteiger partial charge in [0.05, 0.1) is 21.8 Å². The minimum Gasteiger partial charge on any atom is -0.342 e. The molecule has 0 bridgehead atoms. The number of carbonyl (C=O) groups is 1. The Bertz CT molecular complexity index is 1130. The monoisotopic (exact) mass is 421 g/mol. The average Bonchev–Trinajstić information content (AvgIpc) is 2.75. The van der Waals surface area contributed by atoms with E-state index in [0.29, 0.717) is 16.1 Å². The molecule has 0 saturated carbocycles. The van der Waals surface area contributed by atoms with Crippen LogP contribution in [0.3, 0.4) is 0 Å². The molecule has 6 heteroatoms. The summed E-state index contributed by atoms with van der Waals surface area (Å²) in [5.41, 5.74) is 3.42. The quantitative estimate of drug-likeness (QED) is 0.460. The molecule has 0 aliphatic carbocycles. The van der Waals surface area contributed by atoms with Crippen molar-refractivity contribution in [2.24, 2.45) is 0 Å². The molecule has 1 aliphatic rings. The number of fused-ring (bicyclic) bond motifs is 1. The molecule has 1 unspecified atom stereocenters. The largest absolute Gasteiger partial charge is 0.342 e. The molecule has 0 N–H and O–H groups in total. The molecule has 0 radical (unpaired) electrons. The van der Waals surface area contributed by atoms with Crippen molar-refractivity contribution in [1.82, 2.24) is 14.5 Å². The maximum Gasteiger partial charge on any atom is 0.266 e. The summed E-state index contributed by atoms with van der Waals surface area (Å²) in [7, 11) is 0. The average molecular weight is 422 g/mol. The van der Waals surface area contributed by atoms with E-state index in [0.717, 1.165) is 42.7 Å². The highest BCUT2D eigenvalue weighted by molar-refractivity contribution is 8.00. The molecule has 2 heterocycles. The fraction of sp³-hybridized carbons (Fsp3) is 0.375. The molecule has 1 saturated heterocycles. The van der Waals surface area contributed by atoms with E-state index in [2.05, 4.69) is 0 Å². The fourth-order valence-corrected chi connectivity index (χ4v) is 5.12. The summed E-state index contributed by atoms with van der Waals surface area (Å²) in [6.45, 7) is 7.55. The second-order valence-corrected chi connectivity index (χ2v) is 9.25. The number of hydrogen-bond donors (Lipinski definition) is 0. The Morgan fingerprint density at radius 2 is 1.67 bits per heavy atom. The van der Waals surface area contributed by atoms with Crippen LogP contribution in [0.2, 0.25) is 0 Å². The predicted molar refractivity (Wildman–Crippen MR) is 123 cm³/mol. The molecule has 5 nitrogen and oxygen atoms in total. The van der Waals surface area contributed by atoms with Gasteiger partial charge in [0, 0.05) is 13.1 Å². The first kappa shape index (κ1) is 20.7. The number of amides is 1. The number of para-hydroxylation sites is 2. The Hall–Kier alpha value is -2.60. The number of likely N-dealkylation sites (tertiary alicyclic amines) is 1. The van der Waals surface area contributed by atoms with Gasteiger partial charge in [0.2, 0.25) is 5.91 Å². The van der Waals surface area contributed by atoms with Crippen LogP contribution in [0.5, 0.6) is 0 Å². The highest BCUT2D eigenvalue weighted by atomic mass is 32.2. The van der Waals surface area contributed by atoms with Crippen LogP contribution in [-0.2, 0) is 4.79 Å². The number of carbonyl (C=O) groups excluding carboxylic acids is 1. The van der Waals surface area contributed by atoms with Crippen LogP contribution in [0.15, 0.2) is 52.4 Å². The number of piperidine rings is 1. The summed E-state index contributed by atoms with van der Waals surface area (Å²) in [5.74, 6) is 0.121. The van der Waals surface area contributed by atoms with Gasteiger partial charge in [-0.3, -0.25) is 14.2 Å². The maximum absolute atomic E-state index is 13.5. The molecule has 2 aromatic carbocycles. The Labute approximate surface area is 181 Å². The normalized spacial score (nSPS) is 15.4. The molecule has 156 valence electrons. The minimum absolute atomic E-state index is 0.0990. The number of aryl methyl sites for hydroxylation is 2. The van der Waals surface area contributed by atoms with Crippen LogP contribution in [0, 0.1) is 13.8 Å². The van der Waals surface area contributed by atoms with Gasteiger partial charge in [0.15, 0.2) is 5.16 Å². The standard InChI is InChI=1S/C24H27N3O2S/c1-16-10-9-11-17(2)21(16)27-23(29)19-12-5-6-13-20(19)25-24(27)30-18(3)22(28)26-14-7-4-8-15-26/h5-6,9-13,18H,4,7-8,14-15H2,1-3H3. The van der Waals surface area contributed by atoms with Crippen molar-refractivity contribution in [3.05, 3.63) is 63.9 Å². The van der Waals surface area contributed by atoms with E-state index < -0.39 is 0 Å². The predicted octanol–water partition coefficient (Wildman–Crippen LogP) is 4.50. The van der Waals surface area contributed by atoms with Crippen molar-refractivity contribution in [3.63, 3.8) is 0 Å². The van der Waals surface area contributed by atoms with Gasteiger partial charge in [-0.2, -0.15) is 0 Å². The lowest BCUT2D eigenvalue weighted by molar-refractivity contribution is -0.131. The number of thioether (sulfide) groups is 1. The Kier molecular flexibility index (Phi) is 5.95. The zero-order valence-corrected chi connectivity index (χ0v) is 18.5. The smallest absolute Gasteiger partial charge is 0.266 e. The zero-order valence-electron chi connectivity index (χ0n) is 17.7. The van der Waals surface area contributed by atoms with Gasteiger partial charge in [0.1, 0.15) is 0 Å². The lowest BCUT2D eigenvalue weighted by Crippen LogP contribution is -2.40. The third-order valence-electron chi connectivity index (χ3n) is 5.71. The SMILES string of the molecule is Cc1cccc(C)c1-n1c(SC(C)C(=O)N2CCCCC2)nc2ccccc2c1=O. The van der Waals surface area contributed by atoms with Crippen molar-refractivity contribution in [2.45, 2.75) is 50.4 Å². The number of benzene rings is 2. The van der Waals surface area contributed by atoms with Crippen molar-refractivity contribution in [2.75, 3.05) is 13.1 Å². The Morgan fingerprint density at radius 3 is 2.37 bits per heavy atom. The van der Waals surface area contributed by atoms with E-state index in [-0.39, 0.29) is 16.7 Å². The van der Waals surface area contributed by atoms with Gasteiger partial charge in [-0.25, -0.2) is 4.98 Å². The lowest BCUT2D eigenvalue weighted by atomic mass is 10.1. The van der Waals surface area contributed by atoms with Gasteiger partial charge >= 0.3 is 0 Å². The number of hydrogen-bond acceptors (Lipinski definition) is 4. The van der Waals surface area contributed by atoms with Crippen LogP contribution in [0.25, 0.3) is 16.6 Å². The first-order valence-electron chi connectivity index (χ1n) is 10.5. The summed E-state index contributed by atoms with van der Waals surface area (Å²) >= 11 is 1.37. The first-order valence-corrected chi connectivity index (χ1v) is 11.4. The van der Waals surface area contributed by atoms with E-state index >= 15 is 0 Å². The summed E-state index contributed by atoms with van der Waals surface area (Å²) in [5, 5.41) is 0.834. The van der Waals surface area contributed by atoms with Crippen LogP contribution < -0.4 is 5.56 Å². The van der Waals surface area contributed by atoms with Gasteiger partial charge < -0.3 is 4.90 Å². The van der Waals surface area contributed by atoms with Crippen molar-refractivity contribution in [1.29, 1.82) is 0 Å². The maximum atomic E-state index is 13.5. The summed E-state index contributed by atoms with van der Waals surface area (Å²) in [6, 6.07) is 13.4. The molecule has 3 aromatic rings. The number of rotatable bonds is 4. The molecule has 1 amide bonds. The molecule has 4 rings (SSSR count). The van der Waals surface area contributed by atoms with Crippen LogP contribution in [-0.4, -0.2) is 38.7 Å². The topological polar surface area (TPSA) is 55.2 Å². The molecule has 1 atom stereocenters. The molecule has 30 heavy (non-hydrogen) atoms. The highest BCUT2D eigenvalue weighted by Gasteiger charge is 2.26. The molecular formula is C24H27N3O2S. The van der Waals surface area contributed by atoms with Gasteiger partial charge in [-0.1, -0.05) is 42.1 Å². The second-order valence-electron chi connectivity index (χ2n) is 7.94. The third-order valence-corrected chi connectivity index (χ3v) is 6.75. The highest BCUT2D eigenvalue weighted by Crippen LogP contribution is 2.29. The fourth-order valence-electron chi connectivity index (χ4n) is 4.13. The first-order chi connectivity index (χ1) is 14.5. The zero-order chi connectivity index (χ0) is 21.3. The van der Waals surface area contributed by atoms with Gasteiger partial charge in [-0.05, 0) is 63.3 Å². The van der Waals surface area contributed by atoms with Gasteiger partial charge in [0.25, 0.3) is 5.56 Å².